The van der Waals surface area contributed by atoms with Crippen LogP contribution in [-0.2, 0) is 0 Å². The van der Waals surface area contributed by atoms with Gasteiger partial charge >= 0.3 is 0 Å². The second-order valence-electron chi connectivity index (χ2n) is 3.05. The fraction of sp³-hybridized carbons (Fsp3) is 1.00. The van der Waals surface area contributed by atoms with E-state index in [4.69, 9.17) is 0 Å². The van der Waals surface area contributed by atoms with Gasteiger partial charge in [0.1, 0.15) is 0 Å². The number of nitrogens with zero attached hydrogens (tertiary/aromatic N) is 1. The predicted octanol–water partition coefficient (Wildman–Crippen LogP) is 1.74. The van der Waals surface area contributed by atoms with E-state index >= 15 is 0 Å². The molecule has 0 aliphatic carbocycles. The Balaban J connectivity index is 2.46. The van der Waals surface area contributed by atoms with Crippen molar-refractivity contribution >= 4 is 0 Å². The van der Waals surface area contributed by atoms with Crippen LogP contribution in [0.5, 0.6) is 0 Å². The summed E-state index contributed by atoms with van der Waals surface area (Å²) in [5.41, 5.74) is 0. The Labute approximate surface area is 60.0 Å². The molecule has 1 rings (SSSR count). The first-order chi connectivity index (χ1) is 4.60. The van der Waals surface area contributed by atoms with Crippen molar-refractivity contribution in [3.05, 3.63) is 0 Å². The smallest absolute Gasteiger partial charge is 0.260 e. The number of hydrogen-bond donors (Lipinski definition) is 0. The molecule has 10 heavy (non-hydrogen) atoms. The van der Waals surface area contributed by atoms with Gasteiger partial charge in [-0.2, -0.15) is 0 Å². The zero-order valence-corrected chi connectivity index (χ0v) is 6.24. The third-order valence-corrected chi connectivity index (χ3v) is 1.83. The van der Waals surface area contributed by atoms with Crippen LogP contribution in [0.4, 0.5) is 8.78 Å². The highest BCUT2D eigenvalue weighted by Gasteiger charge is 2.31. The van der Waals surface area contributed by atoms with Gasteiger partial charge < -0.3 is 4.90 Å². The minimum absolute atomic E-state index is 0.0625. The van der Waals surface area contributed by atoms with Crippen molar-refractivity contribution in [2.75, 3.05) is 20.1 Å². The Morgan fingerprint density at radius 3 is 2.70 bits per heavy atom. The van der Waals surface area contributed by atoms with Crippen LogP contribution in [-0.4, -0.2) is 31.0 Å². The third kappa shape index (κ3) is 2.21. The van der Waals surface area contributed by atoms with Gasteiger partial charge in [-0.25, -0.2) is 8.78 Å². The molecule has 1 saturated heterocycles. The molecule has 0 aromatic rings. The summed E-state index contributed by atoms with van der Waals surface area (Å²) in [6, 6.07) is 0. The van der Waals surface area contributed by atoms with Crippen LogP contribution in [0.15, 0.2) is 0 Å². The number of likely N-dealkylation sites (tertiary alicyclic amines) is 1. The van der Waals surface area contributed by atoms with Gasteiger partial charge in [0.15, 0.2) is 0 Å². The zero-order valence-electron chi connectivity index (χ0n) is 6.24. The summed E-state index contributed by atoms with van der Waals surface area (Å²) < 4.78 is 25.3. The second kappa shape index (κ2) is 2.82. The number of alkyl halides is 2. The Hall–Kier alpha value is -0.180. The number of hydrogen-bond acceptors (Lipinski definition) is 1. The first kappa shape index (κ1) is 7.92. The molecule has 1 aliphatic rings. The second-order valence-corrected chi connectivity index (χ2v) is 3.05. The fourth-order valence-corrected chi connectivity index (χ4v) is 1.32. The van der Waals surface area contributed by atoms with Gasteiger partial charge in [0.2, 0.25) is 0 Å². The van der Waals surface area contributed by atoms with Crippen LogP contribution in [0.3, 0.4) is 0 Å². The molecule has 1 aliphatic heterocycles. The van der Waals surface area contributed by atoms with Gasteiger partial charge in [-0.15, -0.1) is 0 Å². The highest BCUT2D eigenvalue weighted by atomic mass is 19.3. The van der Waals surface area contributed by atoms with Gasteiger partial charge in [0.05, 0.1) is 6.54 Å². The van der Waals surface area contributed by atoms with Gasteiger partial charge in [-0.1, -0.05) is 0 Å². The molecule has 0 aromatic carbocycles. The van der Waals surface area contributed by atoms with Crippen molar-refractivity contribution in [3.63, 3.8) is 0 Å². The highest BCUT2D eigenvalue weighted by molar-refractivity contribution is 4.74. The van der Waals surface area contributed by atoms with E-state index in [2.05, 4.69) is 0 Å². The number of rotatable bonds is 0. The first-order valence-electron chi connectivity index (χ1n) is 3.66. The van der Waals surface area contributed by atoms with Crippen LogP contribution in [0.2, 0.25) is 0 Å². The zero-order chi connectivity index (χ0) is 7.61. The minimum Gasteiger partial charge on any atom is -0.301 e. The summed E-state index contributed by atoms with van der Waals surface area (Å²) in [4.78, 5) is 1.70. The van der Waals surface area contributed by atoms with E-state index < -0.39 is 5.92 Å². The number of halogens is 2. The summed E-state index contributed by atoms with van der Waals surface area (Å²) in [7, 11) is 1.75. The highest BCUT2D eigenvalue weighted by Crippen LogP contribution is 2.24. The maximum atomic E-state index is 12.7. The summed E-state index contributed by atoms with van der Waals surface area (Å²) in [6.45, 7) is 0.753. The van der Waals surface area contributed by atoms with Crippen LogP contribution >= 0.6 is 0 Å². The van der Waals surface area contributed by atoms with E-state index in [-0.39, 0.29) is 13.0 Å². The summed E-state index contributed by atoms with van der Waals surface area (Å²) in [5.74, 6) is -2.44. The minimum atomic E-state index is -2.44. The fourth-order valence-electron chi connectivity index (χ4n) is 1.32. The Bertz CT molecular complexity index is 114. The molecule has 0 bridgehead atoms. The average Bonchev–Trinajstić information content (AvgIpc) is 1.90. The van der Waals surface area contributed by atoms with E-state index in [1.807, 2.05) is 0 Å². The molecule has 0 saturated carbocycles. The van der Waals surface area contributed by atoms with Crippen LogP contribution in [0, 0.1) is 0 Å². The summed E-state index contributed by atoms with van der Waals surface area (Å²) >= 11 is 0. The van der Waals surface area contributed by atoms with Crippen molar-refractivity contribution in [2.45, 2.75) is 25.2 Å². The van der Waals surface area contributed by atoms with E-state index in [1.54, 1.807) is 11.9 Å². The quantitative estimate of drug-likeness (QED) is 0.507. The lowest BCUT2D eigenvalue weighted by molar-refractivity contribution is -0.0245. The molecule has 1 nitrogen and oxygen atoms in total. The maximum absolute atomic E-state index is 12.7. The molecule has 0 unspecified atom stereocenters. The lowest BCUT2D eigenvalue weighted by atomic mass is 10.2. The topological polar surface area (TPSA) is 3.24 Å². The molecule has 0 spiro atoms. The van der Waals surface area contributed by atoms with Gasteiger partial charge in [-0.05, 0) is 26.4 Å². The average molecular weight is 149 g/mol. The Morgan fingerprint density at radius 2 is 2.00 bits per heavy atom. The van der Waals surface area contributed by atoms with Gasteiger partial charge in [0, 0.05) is 6.42 Å². The molecule has 0 radical (unpaired) electrons. The van der Waals surface area contributed by atoms with Crippen LogP contribution in [0.1, 0.15) is 19.3 Å². The SMILES string of the molecule is CN1CCCCC(F)(F)C1. The maximum Gasteiger partial charge on any atom is 0.260 e. The van der Waals surface area contributed by atoms with Crippen molar-refractivity contribution < 1.29 is 8.78 Å². The molecule has 0 aromatic heterocycles. The van der Waals surface area contributed by atoms with E-state index in [1.165, 1.54) is 0 Å². The van der Waals surface area contributed by atoms with Crippen molar-refractivity contribution in [1.82, 2.24) is 4.90 Å². The van der Waals surface area contributed by atoms with Gasteiger partial charge in [0.25, 0.3) is 5.92 Å². The largest absolute Gasteiger partial charge is 0.301 e. The normalized spacial score (nSPS) is 27.9. The van der Waals surface area contributed by atoms with Crippen molar-refractivity contribution in [1.29, 1.82) is 0 Å². The van der Waals surface area contributed by atoms with E-state index in [9.17, 15) is 8.78 Å². The Kier molecular flexibility index (Phi) is 2.24. The molecule has 60 valence electrons. The van der Waals surface area contributed by atoms with Crippen molar-refractivity contribution in [2.24, 2.45) is 0 Å². The molecular formula is C7H13F2N. The standard InChI is InChI=1S/C7H13F2N/c1-10-5-3-2-4-7(8,9)6-10/h2-6H2,1H3. The monoisotopic (exact) mass is 149 g/mol. The van der Waals surface area contributed by atoms with Crippen LogP contribution in [0.25, 0.3) is 0 Å². The van der Waals surface area contributed by atoms with Crippen LogP contribution < -0.4 is 0 Å². The molecule has 1 heterocycles. The molecule has 1 fully saturated rings. The van der Waals surface area contributed by atoms with Crippen molar-refractivity contribution in [3.8, 4) is 0 Å². The summed E-state index contributed by atoms with van der Waals surface area (Å²) in [6.07, 6.45) is 1.64. The molecule has 0 N–H and O–H groups in total. The third-order valence-electron chi connectivity index (χ3n) is 1.83. The molecule has 0 amide bonds. The van der Waals surface area contributed by atoms with Gasteiger partial charge in [-0.3, -0.25) is 0 Å². The summed E-state index contributed by atoms with van der Waals surface area (Å²) in [5, 5.41) is 0. The molecule has 3 heteroatoms. The Morgan fingerprint density at radius 1 is 1.30 bits per heavy atom. The van der Waals surface area contributed by atoms with E-state index in [0.717, 1.165) is 13.0 Å². The first-order valence-corrected chi connectivity index (χ1v) is 3.66. The predicted molar refractivity (Wildman–Crippen MR) is 36.3 cm³/mol. The molecule has 0 atom stereocenters. The lowest BCUT2D eigenvalue weighted by Crippen LogP contribution is -2.31. The molecular weight excluding hydrogens is 136 g/mol. The lowest BCUT2D eigenvalue weighted by Gasteiger charge is -2.18. The van der Waals surface area contributed by atoms with E-state index in [0.29, 0.717) is 6.42 Å².